The molecule has 1 saturated heterocycles. The number of hydrogen-bond acceptors (Lipinski definition) is 5. The molecule has 0 atom stereocenters. The number of carbonyl (C=O) groups excluding carboxylic acids is 2. The van der Waals surface area contributed by atoms with Gasteiger partial charge in [0.25, 0.3) is 0 Å². The minimum atomic E-state index is -3.57. The lowest BCUT2D eigenvalue weighted by atomic mass is 10.1. The van der Waals surface area contributed by atoms with Gasteiger partial charge >= 0.3 is 5.97 Å². The summed E-state index contributed by atoms with van der Waals surface area (Å²) in [5.41, 5.74) is 1.82. The minimum absolute atomic E-state index is 0.160. The molecule has 0 aromatic heterocycles. The summed E-state index contributed by atoms with van der Waals surface area (Å²) in [6, 6.07) is 12.9. The second-order valence-electron chi connectivity index (χ2n) is 7.39. The molecule has 7 heteroatoms. The van der Waals surface area contributed by atoms with Crippen molar-refractivity contribution in [1.82, 2.24) is 4.31 Å². The fourth-order valence-corrected chi connectivity index (χ4v) is 4.94. The van der Waals surface area contributed by atoms with Crippen LogP contribution in [-0.4, -0.2) is 44.2 Å². The second-order valence-corrected chi connectivity index (χ2v) is 9.33. The Kier molecular flexibility index (Phi) is 7.39. The highest BCUT2D eigenvalue weighted by Crippen LogP contribution is 2.21. The molecule has 30 heavy (non-hydrogen) atoms. The molecule has 0 spiro atoms. The average molecular weight is 430 g/mol. The van der Waals surface area contributed by atoms with Gasteiger partial charge in [-0.3, -0.25) is 4.79 Å². The second kappa shape index (κ2) is 10.00. The first-order valence-electron chi connectivity index (χ1n) is 10.3. The van der Waals surface area contributed by atoms with E-state index in [9.17, 15) is 18.0 Å². The van der Waals surface area contributed by atoms with E-state index in [1.165, 1.54) is 28.6 Å². The molecule has 0 amide bonds. The molecule has 0 aliphatic carbocycles. The standard InChI is InChI=1S/C23H27NO5S/c1-2-18-7-9-19(10-8-18)22(25)17-29-23(26)20-11-13-21(14-12-20)30(27,28)24-15-5-3-4-6-16-24/h7-14H,2-6,15-17H2,1H3. The van der Waals surface area contributed by atoms with Crippen LogP contribution >= 0.6 is 0 Å². The van der Waals surface area contributed by atoms with E-state index in [1.807, 2.05) is 19.1 Å². The Bertz CT molecular complexity index is 973. The molecule has 1 aliphatic heterocycles. The largest absolute Gasteiger partial charge is 0.454 e. The Hall–Kier alpha value is -2.51. The van der Waals surface area contributed by atoms with Crippen molar-refractivity contribution in [3.05, 3.63) is 65.2 Å². The van der Waals surface area contributed by atoms with Crippen molar-refractivity contribution < 1.29 is 22.7 Å². The third kappa shape index (κ3) is 5.34. The van der Waals surface area contributed by atoms with Gasteiger partial charge < -0.3 is 4.74 Å². The maximum absolute atomic E-state index is 12.8. The zero-order valence-electron chi connectivity index (χ0n) is 17.2. The highest BCUT2D eigenvalue weighted by atomic mass is 32.2. The highest BCUT2D eigenvalue weighted by molar-refractivity contribution is 7.89. The van der Waals surface area contributed by atoms with Gasteiger partial charge in [0, 0.05) is 18.7 Å². The molecular weight excluding hydrogens is 402 g/mol. The number of sulfonamides is 1. The van der Waals surface area contributed by atoms with E-state index in [4.69, 9.17) is 4.74 Å². The molecule has 0 radical (unpaired) electrons. The fraction of sp³-hybridized carbons (Fsp3) is 0.391. The van der Waals surface area contributed by atoms with Gasteiger partial charge in [0.05, 0.1) is 10.5 Å². The number of esters is 1. The predicted molar refractivity (Wildman–Crippen MR) is 114 cm³/mol. The van der Waals surface area contributed by atoms with Crippen molar-refractivity contribution in [2.24, 2.45) is 0 Å². The van der Waals surface area contributed by atoms with Gasteiger partial charge in [-0.2, -0.15) is 4.31 Å². The van der Waals surface area contributed by atoms with Crippen LogP contribution in [0.3, 0.4) is 0 Å². The molecule has 3 rings (SSSR count). The Labute approximate surface area is 177 Å². The molecule has 0 bridgehead atoms. The van der Waals surface area contributed by atoms with Crippen LogP contribution in [0.1, 0.15) is 58.9 Å². The summed E-state index contributed by atoms with van der Waals surface area (Å²) in [7, 11) is -3.57. The molecule has 0 N–H and O–H groups in total. The minimum Gasteiger partial charge on any atom is -0.454 e. The first-order chi connectivity index (χ1) is 14.4. The summed E-state index contributed by atoms with van der Waals surface area (Å²) in [5.74, 6) is -0.946. The molecule has 1 heterocycles. The molecule has 1 fully saturated rings. The van der Waals surface area contributed by atoms with Gasteiger partial charge in [-0.1, -0.05) is 44.0 Å². The highest BCUT2D eigenvalue weighted by Gasteiger charge is 2.25. The van der Waals surface area contributed by atoms with Crippen LogP contribution in [0.5, 0.6) is 0 Å². The molecule has 2 aromatic carbocycles. The number of benzene rings is 2. The zero-order chi connectivity index (χ0) is 21.6. The van der Waals surface area contributed by atoms with Crippen LogP contribution in [0.2, 0.25) is 0 Å². The quantitative estimate of drug-likeness (QED) is 0.493. The van der Waals surface area contributed by atoms with E-state index in [2.05, 4.69) is 0 Å². The van der Waals surface area contributed by atoms with Crippen molar-refractivity contribution in [2.45, 2.75) is 43.9 Å². The Morgan fingerprint density at radius 2 is 1.43 bits per heavy atom. The summed E-state index contributed by atoms with van der Waals surface area (Å²) in [4.78, 5) is 24.6. The number of hydrogen-bond donors (Lipinski definition) is 0. The van der Waals surface area contributed by atoms with E-state index < -0.39 is 16.0 Å². The Morgan fingerprint density at radius 3 is 2.00 bits per heavy atom. The van der Waals surface area contributed by atoms with Crippen molar-refractivity contribution in [3.63, 3.8) is 0 Å². The summed E-state index contributed by atoms with van der Waals surface area (Å²) >= 11 is 0. The zero-order valence-corrected chi connectivity index (χ0v) is 18.0. The maximum Gasteiger partial charge on any atom is 0.338 e. The van der Waals surface area contributed by atoms with E-state index in [-0.39, 0.29) is 22.8 Å². The van der Waals surface area contributed by atoms with Crippen LogP contribution < -0.4 is 0 Å². The van der Waals surface area contributed by atoms with Crippen molar-refractivity contribution in [1.29, 1.82) is 0 Å². The summed E-state index contributed by atoms with van der Waals surface area (Å²) < 4.78 is 32.2. The van der Waals surface area contributed by atoms with Crippen LogP contribution in [0.15, 0.2) is 53.4 Å². The smallest absolute Gasteiger partial charge is 0.338 e. The Morgan fingerprint density at radius 1 is 0.867 bits per heavy atom. The van der Waals surface area contributed by atoms with Crippen molar-refractivity contribution in [2.75, 3.05) is 19.7 Å². The monoisotopic (exact) mass is 429 g/mol. The van der Waals surface area contributed by atoms with E-state index >= 15 is 0 Å². The molecular formula is C23H27NO5S. The molecule has 160 valence electrons. The predicted octanol–water partition coefficient (Wildman–Crippen LogP) is 3.85. The first-order valence-corrected chi connectivity index (χ1v) is 11.8. The SMILES string of the molecule is CCc1ccc(C(=O)COC(=O)c2ccc(S(=O)(=O)N3CCCCCC3)cc2)cc1. The van der Waals surface area contributed by atoms with Crippen molar-refractivity contribution >= 4 is 21.8 Å². The molecule has 2 aromatic rings. The van der Waals surface area contributed by atoms with Crippen LogP contribution in [0.25, 0.3) is 0 Å². The lowest BCUT2D eigenvalue weighted by Gasteiger charge is -2.19. The molecule has 0 saturated carbocycles. The van der Waals surface area contributed by atoms with Crippen molar-refractivity contribution in [3.8, 4) is 0 Å². The number of rotatable bonds is 7. The molecule has 1 aliphatic rings. The van der Waals surface area contributed by atoms with Gasteiger partial charge in [-0.15, -0.1) is 0 Å². The van der Waals surface area contributed by atoms with Crippen LogP contribution in [0.4, 0.5) is 0 Å². The lowest BCUT2D eigenvalue weighted by Crippen LogP contribution is -2.31. The number of ketones is 1. The third-order valence-corrected chi connectivity index (χ3v) is 7.22. The number of nitrogens with zero attached hydrogens (tertiary/aromatic N) is 1. The summed E-state index contributed by atoms with van der Waals surface area (Å²) in [6.07, 6.45) is 4.68. The number of aryl methyl sites for hydroxylation is 1. The number of carbonyl (C=O) groups is 2. The topological polar surface area (TPSA) is 80.8 Å². The first kappa shape index (κ1) is 22.2. The van der Waals surface area contributed by atoms with Gasteiger partial charge in [-0.25, -0.2) is 13.2 Å². The van der Waals surface area contributed by atoms with Crippen LogP contribution in [-0.2, 0) is 21.2 Å². The third-order valence-electron chi connectivity index (χ3n) is 5.31. The average Bonchev–Trinajstić information content (AvgIpc) is 3.07. The van der Waals surface area contributed by atoms with E-state index in [0.717, 1.165) is 37.7 Å². The number of Topliss-reactive ketones (excluding diaryl/α,β-unsaturated/α-hetero) is 1. The number of ether oxygens (including phenoxy) is 1. The normalized spacial score (nSPS) is 15.4. The van der Waals surface area contributed by atoms with Gasteiger partial charge in [0.2, 0.25) is 10.0 Å². The fourth-order valence-electron chi connectivity index (χ4n) is 3.42. The lowest BCUT2D eigenvalue weighted by molar-refractivity contribution is 0.0474. The van der Waals surface area contributed by atoms with Gasteiger partial charge in [-0.05, 0) is 49.1 Å². The molecule has 0 unspecified atom stereocenters. The van der Waals surface area contributed by atoms with E-state index in [0.29, 0.717) is 18.7 Å². The molecule has 6 nitrogen and oxygen atoms in total. The maximum atomic E-state index is 12.8. The summed E-state index contributed by atoms with van der Waals surface area (Å²) in [5, 5.41) is 0. The Balaban J connectivity index is 1.61. The van der Waals surface area contributed by atoms with Gasteiger partial charge in [0.1, 0.15) is 0 Å². The van der Waals surface area contributed by atoms with E-state index in [1.54, 1.807) is 12.1 Å². The summed E-state index contributed by atoms with van der Waals surface area (Å²) in [6.45, 7) is 2.71. The van der Waals surface area contributed by atoms with Crippen LogP contribution in [0, 0.1) is 0 Å². The van der Waals surface area contributed by atoms with Gasteiger partial charge in [0.15, 0.2) is 12.4 Å².